The van der Waals surface area contributed by atoms with E-state index in [2.05, 4.69) is 5.32 Å². The monoisotopic (exact) mass is 243 g/mol. The predicted octanol–water partition coefficient (Wildman–Crippen LogP) is 2.18. The predicted molar refractivity (Wildman–Crippen MR) is 67.1 cm³/mol. The Bertz CT molecular complexity index is 249. The van der Waals surface area contributed by atoms with Crippen molar-refractivity contribution in [3.05, 3.63) is 0 Å². The topological polar surface area (TPSA) is 58.6 Å². The van der Waals surface area contributed by atoms with Crippen LogP contribution in [0.4, 0.5) is 0 Å². The number of carbonyl (C=O) groups is 1. The summed E-state index contributed by atoms with van der Waals surface area (Å²) >= 11 is 0. The number of nitrogens with one attached hydrogen (secondary N) is 1. The molecule has 0 aromatic rings. The van der Waals surface area contributed by atoms with Gasteiger partial charge in [-0.05, 0) is 33.6 Å². The van der Waals surface area contributed by atoms with Gasteiger partial charge in [-0.2, -0.15) is 0 Å². The molecule has 1 atom stereocenters. The zero-order valence-corrected chi connectivity index (χ0v) is 11.2. The Labute approximate surface area is 104 Å². The molecule has 1 rings (SSSR count). The van der Waals surface area contributed by atoms with E-state index >= 15 is 0 Å². The Morgan fingerprint density at radius 3 is 2.47 bits per heavy atom. The van der Waals surface area contributed by atoms with Gasteiger partial charge in [-0.3, -0.25) is 10.1 Å². The molecule has 1 aliphatic rings. The lowest BCUT2D eigenvalue weighted by Gasteiger charge is -2.31. The first-order chi connectivity index (χ1) is 7.94. The molecule has 1 saturated carbocycles. The number of ether oxygens (including phenoxy) is 1. The van der Waals surface area contributed by atoms with Gasteiger partial charge in [0.2, 0.25) is 0 Å². The maximum atomic E-state index is 11.3. The molecule has 0 bridgehead atoms. The third kappa shape index (κ3) is 4.64. The van der Waals surface area contributed by atoms with Crippen molar-refractivity contribution in [1.82, 2.24) is 5.32 Å². The molecular weight excluding hydrogens is 218 g/mol. The summed E-state index contributed by atoms with van der Waals surface area (Å²) in [5, 5.41) is 12.3. The number of carboxylic acid groups (broad SMARTS) is 1. The van der Waals surface area contributed by atoms with E-state index in [1.807, 2.05) is 13.8 Å². The molecule has 0 heterocycles. The molecular formula is C13H25NO3. The molecule has 2 N–H and O–H groups in total. The number of rotatable bonds is 6. The molecule has 4 heteroatoms. The van der Waals surface area contributed by atoms with E-state index in [1.165, 1.54) is 19.3 Å². The average Bonchev–Trinajstić information content (AvgIpc) is 2.27. The molecule has 100 valence electrons. The fraction of sp³-hybridized carbons (Fsp3) is 0.923. The van der Waals surface area contributed by atoms with E-state index < -0.39 is 11.5 Å². The largest absolute Gasteiger partial charge is 0.480 e. The van der Waals surface area contributed by atoms with E-state index in [1.54, 1.807) is 6.92 Å². The minimum atomic E-state index is -0.981. The Hall–Kier alpha value is -0.610. The molecule has 0 radical (unpaired) electrons. The molecule has 1 unspecified atom stereocenters. The fourth-order valence-electron chi connectivity index (χ4n) is 2.32. The second-order valence-corrected chi connectivity index (χ2v) is 5.51. The number of carboxylic acids is 1. The second kappa shape index (κ2) is 6.36. The molecule has 0 aromatic heterocycles. The SMILES string of the molecule is CC(C)NC(C)(COC1CCCCC1)C(=O)O. The zero-order valence-electron chi connectivity index (χ0n) is 11.2. The highest BCUT2D eigenvalue weighted by Crippen LogP contribution is 2.21. The summed E-state index contributed by atoms with van der Waals surface area (Å²) in [7, 11) is 0. The summed E-state index contributed by atoms with van der Waals surface area (Å²) in [6, 6.07) is 0.131. The molecule has 17 heavy (non-hydrogen) atoms. The lowest BCUT2D eigenvalue weighted by molar-refractivity contribution is -0.148. The van der Waals surface area contributed by atoms with Gasteiger partial charge in [0.15, 0.2) is 0 Å². The third-order valence-electron chi connectivity index (χ3n) is 3.24. The first kappa shape index (κ1) is 14.5. The molecule has 0 spiro atoms. The third-order valence-corrected chi connectivity index (χ3v) is 3.24. The van der Waals surface area contributed by atoms with Crippen LogP contribution in [-0.4, -0.2) is 35.4 Å². The fourth-order valence-corrected chi connectivity index (χ4v) is 2.32. The highest BCUT2D eigenvalue weighted by atomic mass is 16.5. The van der Waals surface area contributed by atoms with Crippen LogP contribution in [0, 0.1) is 0 Å². The van der Waals surface area contributed by atoms with Crippen LogP contribution in [-0.2, 0) is 9.53 Å². The number of hydrogen-bond acceptors (Lipinski definition) is 3. The van der Waals surface area contributed by atoms with Crippen molar-refractivity contribution in [1.29, 1.82) is 0 Å². The Morgan fingerprint density at radius 2 is 2.00 bits per heavy atom. The van der Waals surface area contributed by atoms with Crippen LogP contribution in [0.1, 0.15) is 52.9 Å². The van der Waals surface area contributed by atoms with Gasteiger partial charge in [0.25, 0.3) is 0 Å². The van der Waals surface area contributed by atoms with E-state index in [4.69, 9.17) is 4.74 Å². The summed E-state index contributed by atoms with van der Waals surface area (Å²) in [4.78, 5) is 11.3. The van der Waals surface area contributed by atoms with Crippen LogP contribution in [0.25, 0.3) is 0 Å². The van der Waals surface area contributed by atoms with Crippen molar-refractivity contribution in [3.8, 4) is 0 Å². The average molecular weight is 243 g/mol. The first-order valence-corrected chi connectivity index (χ1v) is 6.57. The molecule has 4 nitrogen and oxygen atoms in total. The summed E-state index contributed by atoms with van der Waals surface area (Å²) in [6.45, 7) is 5.83. The molecule has 1 aliphatic carbocycles. The summed E-state index contributed by atoms with van der Waals surface area (Å²) in [5.74, 6) is -0.845. The van der Waals surface area contributed by atoms with Gasteiger partial charge in [0.05, 0.1) is 12.7 Å². The van der Waals surface area contributed by atoms with Crippen LogP contribution in [0.3, 0.4) is 0 Å². The van der Waals surface area contributed by atoms with Gasteiger partial charge in [-0.15, -0.1) is 0 Å². The van der Waals surface area contributed by atoms with E-state index in [0.717, 1.165) is 12.8 Å². The lowest BCUT2D eigenvalue weighted by Crippen LogP contribution is -2.56. The zero-order chi connectivity index (χ0) is 12.9. The summed E-state index contributed by atoms with van der Waals surface area (Å²) in [6.07, 6.45) is 6.06. The van der Waals surface area contributed by atoms with Crippen LogP contribution >= 0.6 is 0 Å². The summed E-state index contributed by atoms with van der Waals surface area (Å²) in [5.41, 5.74) is -0.981. The standard InChI is InChI=1S/C13H25NO3/c1-10(2)14-13(3,12(15)16)9-17-11-7-5-4-6-8-11/h10-11,14H,4-9H2,1-3H3,(H,15,16). The minimum Gasteiger partial charge on any atom is -0.480 e. The van der Waals surface area contributed by atoms with Crippen molar-refractivity contribution in [3.63, 3.8) is 0 Å². The highest BCUT2D eigenvalue weighted by molar-refractivity contribution is 5.78. The Kier molecular flexibility index (Phi) is 5.40. The van der Waals surface area contributed by atoms with E-state index in [0.29, 0.717) is 0 Å². The van der Waals surface area contributed by atoms with Gasteiger partial charge >= 0.3 is 5.97 Å². The maximum Gasteiger partial charge on any atom is 0.326 e. The highest BCUT2D eigenvalue weighted by Gasteiger charge is 2.34. The van der Waals surface area contributed by atoms with Crippen molar-refractivity contribution < 1.29 is 14.6 Å². The second-order valence-electron chi connectivity index (χ2n) is 5.51. The molecule has 0 saturated heterocycles. The van der Waals surface area contributed by atoms with E-state index in [9.17, 15) is 9.90 Å². The van der Waals surface area contributed by atoms with Gasteiger partial charge in [0.1, 0.15) is 5.54 Å². The molecule has 1 fully saturated rings. The van der Waals surface area contributed by atoms with Crippen molar-refractivity contribution in [2.24, 2.45) is 0 Å². The van der Waals surface area contributed by atoms with Gasteiger partial charge in [-0.1, -0.05) is 19.3 Å². The van der Waals surface area contributed by atoms with Gasteiger partial charge in [-0.25, -0.2) is 0 Å². The van der Waals surface area contributed by atoms with Crippen LogP contribution < -0.4 is 5.32 Å². The maximum absolute atomic E-state index is 11.3. The quantitative estimate of drug-likeness (QED) is 0.750. The smallest absolute Gasteiger partial charge is 0.326 e. The van der Waals surface area contributed by atoms with Gasteiger partial charge < -0.3 is 9.84 Å². The number of hydrogen-bond donors (Lipinski definition) is 2. The normalized spacial score (nSPS) is 21.4. The first-order valence-electron chi connectivity index (χ1n) is 6.57. The van der Waals surface area contributed by atoms with Crippen molar-refractivity contribution in [2.75, 3.05) is 6.61 Å². The van der Waals surface area contributed by atoms with Crippen LogP contribution in [0.5, 0.6) is 0 Å². The number of aliphatic carboxylic acids is 1. The van der Waals surface area contributed by atoms with Crippen LogP contribution in [0.2, 0.25) is 0 Å². The summed E-state index contributed by atoms with van der Waals surface area (Å²) < 4.78 is 5.77. The lowest BCUT2D eigenvalue weighted by atomic mass is 9.97. The van der Waals surface area contributed by atoms with Crippen molar-refractivity contribution in [2.45, 2.75) is 70.6 Å². The molecule has 0 amide bonds. The Morgan fingerprint density at radius 1 is 1.41 bits per heavy atom. The Balaban J connectivity index is 2.45. The van der Waals surface area contributed by atoms with Crippen molar-refractivity contribution >= 4 is 5.97 Å². The minimum absolute atomic E-state index is 0.131. The van der Waals surface area contributed by atoms with Crippen LogP contribution in [0.15, 0.2) is 0 Å². The molecule has 0 aliphatic heterocycles. The van der Waals surface area contributed by atoms with Gasteiger partial charge in [0, 0.05) is 6.04 Å². The molecule has 0 aromatic carbocycles. The van der Waals surface area contributed by atoms with E-state index in [-0.39, 0.29) is 18.8 Å².